The quantitative estimate of drug-likeness (QED) is 0.775. The molecule has 0 aliphatic carbocycles. The number of thioether (sulfide) groups is 1. The molecule has 0 saturated carbocycles. The second-order valence-corrected chi connectivity index (χ2v) is 4.86. The molecule has 9 nitrogen and oxygen atoms in total. The van der Waals surface area contributed by atoms with Crippen LogP contribution in [0.25, 0.3) is 0 Å². The molecular formula is C9H11N7O2S. The number of nitrogens with zero attached hydrogens (tertiary/aromatic N) is 6. The molecule has 2 aromatic heterocycles. The molecule has 1 amide bonds. The van der Waals surface area contributed by atoms with Crippen molar-refractivity contribution in [1.29, 1.82) is 0 Å². The van der Waals surface area contributed by atoms with Crippen molar-refractivity contribution in [3.05, 3.63) is 18.1 Å². The highest BCUT2D eigenvalue weighted by molar-refractivity contribution is 7.98. The molecule has 0 radical (unpaired) electrons. The predicted octanol–water partition coefficient (Wildman–Crippen LogP) is 0.0982. The summed E-state index contributed by atoms with van der Waals surface area (Å²) < 4.78 is 6.46. The van der Waals surface area contributed by atoms with E-state index in [2.05, 4.69) is 25.7 Å². The zero-order valence-corrected chi connectivity index (χ0v) is 10.7. The van der Waals surface area contributed by atoms with Gasteiger partial charge in [0.05, 0.1) is 24.6 Å². The molecule has 0 atom stereocenters. The lowest BCUT2D eigenvalue weighted by Gasteiger charge is -2.10. The van der Waals surface area contributed by atoms with Gasteiger partial charge in [-0.2, -0.15) is 10.3 Å². The second-order valence-electron chi connectivity index (χ2n) is 3.87. The SMILES string of the molecule is O=C1OCCN1Cn1cc(CSc2cn[nH]n2)nn1. The van der Waals surface area contributed by atoms with E-state index < -0.39 is 0 Å². The monoisotopic (exact) mass is 281 g/mol. The minimum Gasteiger partial charge on any atom is -0.447 e. The molecule has 0 bridgehead atoms. The Morgan fingerprint density at radius 1 is 1.53 bits per heavy atom. The maximum atomic E-state index is 11.3. The summed E-state index contributed by atoms with van der Waals surface area (Å²) in [5, 5.41) is 19.0. The third kappa shape index (κ3) is 2.84. The van der Waals surface area contributed by atoms with Crippen LogP contribution in [0.1, 0.15) is 5.69 Å². The third-order valence-corrected chi connectivity index (χ3v) is 3.44. The van der Waals surface area contributed by atoms with Crippen LogP contribution >= 0.6 is 11.8 Å². The lowest BCUT2D eigenvalue weighted by molar-refractivity contribution is 0.149. The van der Waals surface area contributed by atoms with Gasteiger partial charge < -0.3 is 4.74 Å². The summed E-state index contributed by atoms with van der Waals surface area (Å²) >= 11 is 1.51. The largest absolute Gasteiger partial charge is 0.447 e. The van der Waals surface area contributed by atoms with Gasteiger partial charge in [-0.15, -0.1) is 10.2 Å². The van der Waals surface area contributed by atoms with Crippen molar-refractivity contribution in [3.8, 4) is 0 Å². The van der Waals surface area contributed by atoms with Gasteiger partial charge in [-0.1, -0.05) is 17.0 Å². The maximum absolute atomic E-state index is 11.3. The van der Waals surface area contributed by atoms with Crippen molar-refractivity contribution < 1.29 is 9.53 Å². The summed E-state index contributed by atoms with van der Waals surface area (Å²) in [6.07, 6.45) is 3.14. The van der Waals surface area contributed by atoms with E-state index in [1.807, 2.05) is 0 Å². The Morgan fingerprint density at radius 2 is 2.47 bits per heavy atom. The number of cyclic esters (lactones) is 1. The Bertz CT molecular complexity index is 555. The van der Waals surface area contributed by atoms with Crippen molar-refractivity contribution >= 4 is 17.9 Å². The Morgan fingerprint density at radius 3 is 3.21 bits per heavy atom. The first kappa shape index (κ1) is 12.0. The molecule has 0 aromatic carbocycles. The zero-order chi connectivity index (χ0) is 13.1. The van der Waals surface area contributed by atoms with Gasteiger partial charge >= 0.3 is 6.09 Å². The van der Waals surface area contributed by atoms with Gasteiger partial charge in [0.2, 0.25) is 0 Å². The van der Waals surface area contributed by atoms with Gasteiger partial charge in [-0.25, -0.2) is 9.48 Å². The van der Waals surface area contributed by atoms with Crippen LogP contribution in [0.15, 0.2) is 17.4 Å². The van der Waals surface area contributed by atoms with Gasteiger partial charge in [0.15, 0.2) is 0 Å². The fourth-order valence-corrected chi connectivity index (χ4v) is 2.27. The van der Waals surface area contributed by atoms with Crippen molar-refractivity contribution in [1.82, 2.24) is 35.3 Å². The number of H-pyrrole nitrogens is 1. The van der Waals surface area contributed by atoms with Crippen molar-refractivity contribution in [2.45, 2.75) is 17.4 Å². The highest BCUT2D eigenvalue weighted by atomic mass is 32.2. The van der Waals surface area contributed by atoms with Crippen LogP contribution in [-0.2, 0) is 17.2 Å². The van der Waals surface area contributed by atoms with Crippen LogP contribution in [0.2, 0.25) is 0 Å². The number of amides is 1. The van der Waals surface area contributed by atoms with Crippen LogP contribution in [0.5, 0.6) is 0 Å². The lowest BCUT2D eigenvalue weighted by atomic mass is 10.5. The summed E-state index contributed by atoms with van der Waals surface area (Å²) in [4.78, 5) is 12.9. The fraction of sp³-hybridized carbons (Fsp3) is 0.444. The predicted molar refractivity (Wildman–Crippen MR) is 64.0 cm³/mol. The molecule has 2 aromatic rings. The number of rotatable bonds is 5. The van der Waals surface area contributed by atoms with E-state index in [0.29, 0.717) is 25.6 Å². The zero-order valence-electron chi connectivity index (χ0n) is 9.89. The number of aromatic nitrogens is 6. The highest BCUT2D eigenvalue weighted by Gasteiger charge is 2.22. The summed E-state index contributed by atoms with van der Waals surface area (Å²) in [6, 6.07) is 0. The molecule has 0 unspecified atom stereocenters. The fourth-order valence-electron chi connectivity index (χ4n) is 1.61. The number of aromatic amines is 1. The van der Waals surface area contributed by atoms with Crippen LogP contribution in [0, 0.1) is 0 Å². The number of hydrogen-bond acceptors (Lipinski definition) is 7. The highest BCUT2D eigenvalue weighted by Crippen LogP contribution is 2.17. The van der Waals surface area contributed by atoms with E-state index >= 15 is 0 Å². The molecule has 19 heavy (non-hydrogen) atoms. The topological polar surface area (TPSA) is 102 Å². The summed E-state index contributed by atoms with van der Waals surface area (Å²) in [5.41, 5.74) is 0.820. The van der Waals surface area contributed by atoms with Crippen LogP contribution in [0.4, 0.5) is 4.79 Å². The Balaban J connectivity index is 1.55. The molecule has 1 aliphatic rings. The first-order valence-electron chi connectivity index (χ1n) is 5.60. The third-order valence-electron chi connectivity index (χ3n) is 2.51. The molecule has 1 saturated heterocycles. The standard InChI is InChI=1S/C9H11N7O2S/c17-9-15(1-2-18-9)6-16-4-7(11-14-16)5-19-8-3-10-13-12-8/h3-4H,1-2,5-6H2,(H,10,12,13). The Hall–Kier alpha value is -2.10. The van der Waals surface area contributed by atoms with Crippen molar-refractivity contribution in [2.75, 3.05) is 13.2 Å². The van der Waals surface area contributed by atoms with Gasteiger partial charge in [0.25, 0.3) is 0 Å². The number of hydrogen-bond donors (Lipinski definition) is 1. The minimum atomic E-state index is -0.311. The molecule has 100 valence electrons. The number of carbonyl (C=O) groups is 1. The molecule has 3 heterocycles. The van der Waals surface area contributed by atoms with Gasteiger partial charge in [0, 0.05) is 5.75 Å². The van der Waals surface area contributed by atoms with Crippen molar-refractivity contribution in [2.24, 2.45) is 0 Å². The first-order valence-corrected chi connectivity index (χ1v) is 6.59. The van der Waals surface area contributed by atoms with Crippen LogP contribution in [-0.4, -0.2) is 54.5 Å². The molecule has 10 heteroatoms. The van der Waals surface area contributed by atoms with E-state index in [4.69, 9.17) is 4.74 Å². The average Bonchev–Trinajstić information content (AvgIpc) is 3.12. The lowest BCUT2D eigenvalue weighted by Crippen LogP contribution is -2.27. The molecule has 1 aliphatic heterocycles. The van der Waals surface area contributed by atoms with Crippen molar-refractivity contribution in [3.63, 3.8) is 0 Å². The average molecular weight is 281 g/mol. The molecule has 0 spiro atoms. The minimum absolute atomic E-state index is 0.311. The maximum Gasteiger partial charge on any atom is 0.411 e. The summed E-state index contributed by atoms with van der Waals surface area (Å²) in [7, 11) is 0. The van der Waals surface area contributed by atoms with Crippen LogP contribution in [0.3, 0.4) is 0 Å². The van der Waals surface area contributed by atoms with E-state index in [1.165, 1.54) is 11.8 Å². The smallest absolute Gasteiger partial charge is 0.411 e. The summed E-state index contributed by atoms with van der Waals surface area (Å²) in [6.45, 7) is 1.38. The van der Waals surface area contributed by atoms with E-state index in [9.17, 15) is 4.79 Å². The van der Waals surface area contributed by atoms with E-state index in [0.717, 1.165) is 10.7 Å². The number of ether oxygens (including phenoxy) is 1. The number of carbonyl (C=O) groups excluding carboxylic acids is 1. The summed E-state index contributed by atoms with van der Waals surface area (Å²) in [5.74, 6) is 0.650. The molecular weight excluding hydrogens is 270 g/mol. The van der Waals surface area contributed by atoms with Gasteiger partial charge in [-0.3, -0.25) is 4.90 Å². The Kier molecular flexibility index (Phi) is 3.31. The molecule has 1 N–H and O–H groups in total. The van der Waals surface area contributed by atoms with E-state index in [-0.39, 0.29) is 6.09 Å². The Labute approximate surface area is 112 Å². The van der Waals surface area contributed by atoms with E-state index in [1.54, 1.807) is 22.0 Å². The van der Waals surface area contributed by atoms with Gasteiger partial charge in [0.1, 0.15) is 18.3 Å². The normalized spacial score (nSPS) is 14.9. The first-order chi connectivity index (χ1) is 9.31. The molecule has 3 rings (SSSR count). The van der Waals surface area contributed by atoms with Gasteiger partial charge in [-0.05, 0) is 0 Å². The second kappa shape index (κ2) is 5.26. The molecule has 1 fully saturated rings. The number of nitrogens with one attached hydrogen (secondary N) is 1. The van der Waals surface area contributed by atoms with Crippen LogP contribution < -0.4 is 0 Å².